The van der Waals surface area contributed by atoms with Crippen molar-refractivity contribution < 1.29 is 14.3 Å². The summed E-state index contributed by atoms with van der Waals surface area (Å²) in [7, 11) is 1.36. The summed E-state index contributed by atoms with van der Waals surface area (Å²) in [5.41, 5.74) is 0. The zero-order chi connectivity index (χ0) is 6.69. The lowest BCUT2D eigenvalue weighted by Crippen LogP contribution is -2.10. The van der Waals surface area contributed by atoms with Crippen LogP contribution >= 0.6 is 0 Å². The van der Waals surface area contributed by atoms with Gasteiger partial charge in [-0.15, -0.1) is 0 Å². The molecule has 0 heterocycles. The molecule has 52 valence electrons. The van der Waals surface area contributed by atoms with Gasteiger partial charge in [-0.1, -0.05) is 0 Å². The Balaban J connectivity index is 1.96. The molecule has 0 saturated heterocycles. The molecule has 1 aliphatic carbocycles. The topological polar surface area (TPSA) is 35.5 Å². The van der Waals surface area contributed by atoms with Crippen LogP contribution in [0.1, 0.15) is 12.8 Å². The summed E-state index contributed by atoms with van der Waals surface area (Å²) >= 11 is 0. The highest BCUT2D eigenvalue weighted by Gasteiger charge is 2.22. The second-order valence-electron chi connectivity index (χ2n) is 2.09. The molecule has 0 aromatic carbocycles. The molecule has 1 fully saturated rings. The lowest BCUT2D eigenvalue weighted by molar-refractivity contribution is -0.146. The molecule has 0 amide bonds. The fourth-order valence-corrected chi connectivity index (χ4v) is 0.480. The number of esters is 1. The molecule has 0 atom stereocenters. The Labute approximate surface area is 53.9 Å². The van der Waals surface area contributed by atoms with E-state index in [0.717, 1.165) is 12.8 Å². The third kappa shape index (κ3) is 2.46. The van der Waals surface area contributed by atoms with E-state index >= 15 is 0 Å². The normalized spacial score (nSPS) is 17.4. The van der Waals surface area contributed by atoms with E-state index in [2.05, 4.69) is 4.74 Å². The van der Waals surface area contributed by atoms with Crippen LogP contribution in [0.3, 0.4) is 0 Å². The van der Waals surface area contributed by atoms with Gasteiger partial charge in [-0.2, -0.15) is 0 Å². The van der Waals surface area contributed by atoms with Gasteiger partial charge in [0.15, 0.2) is 0 Å². The zero-order valence-electron chi connectivity index (χ0n) is 5.42. The molecule has 1 aliphatic rings. The average Bonchev–Trinajstić information content (AvgIpc) is 2.65. The maximum absolute atomic E-state index is 10.4. The summed E-state index contributed by atoms with van der Waals surface area (Å²) in [4.78, 5) is 10.4. The predicted molar refractivity (Wildman–Crippen MR) is 31.0 cm³/mol. The van der Waals surface area contributed by atoms with Crippen molar-refractivity contribution in [3.05, 3.63) is 0 Å². The van der Waals surface area contributed by atoms with Gasteiger partial charge >= 0.3 is 5.97 Å². The highest BCUT2D eigenvalue weighted by atomic mass is 16.6. The Hall–Kier alpha value is -0.570. The summed E-state index contributed by atoms with van der Waals surface area (Å²) in [5, 5.41) is 0. The first-order valence-corrected chi connectivity index (χ1v) is 3.01. The minimum atomic E-state index is -0.290. The summed E-state index contributed by atoms with van der Waals surface area (Å²) in [5.74, 6) is -0.290. The van der Waals surface area contributed by atoms with Crippen molar-refractivity contribution in [1.29, 1.82) is 0 Å². The van der Waals surface area contributed by atoms with E-state index in [9.17, 15) is 4.79 Å². The molecule has 9 heavy (non-hydrogen) atoms. The fourth-order valence-electron chi connectivity index (χ4n) is 0.480. The van der Waals surface area contributed by atoms with Crippen LogP contribution in [0.4, 0.5) is 0 Å². The maximum atomic E-state index is 10.4. The van der Waals surface area contributed by atoms with E-state index in [1.54, 1.807) is 0 Å². The van der Waals surface area contributed by atoms with Gasteiger partial charge in [0.25, 0.3) is 0 Å². The molecular weight excluding hydrogens is 120 g/mol. The molecule has 0 bridgehead atoms. The third-order valence-electron chi connectivity index (χ3n) is 1.19. The Bertz CT molecular complexity index is 107. The van der Waals surface area contributed by atoms with Crippen LogP contribution in [0.2, 0.25) is 0 Å². The van der Waals surface area contributed by atoms with Gasteiger partial charge in [-0.25, -0.2) is 4.79 Å². The van der Waals surface area contributed by atoms with E-state index < -0.39 is 0 Å². The summed E-state index contributed by atoms with van der Waals surface area (Å²) in [6.45, 7) is 0.112. The fraction of sp³-hybridized carbons (Fsp3) is 0.833. The van der Waals surface area contributed by atoms with Crippen molar-refractivity contribution in [3.63, 3.8) is 0 Å². The Kier molecular flexibility index (Phi) is 2.05. The van der Waals surface area contributed by atoms with E-state index in [1.807, 2.05) is 0 Å². The predicted octanol–water partition coefficient (Wildman–Crippen LogP) is 0.338. The van der Waals surface area contributed by atoms with Gasteiger partial charge in [-0.3, -0.25) is 0 Å². The molecule has 0 aliphatic heterocycles. The smallest absolute Gasteiger partial charge is 0.331 e. The molecule has 3 heteroatoms. The van der Waals surface area contributed by atoms with Gasteiger partial charge in [0.1, 0.15) is 6.61 Å². The minimum Gasteiger partial charge on any atom is -0.467 e. The number of rotatable bonds is 3. The lowest BCUT2D eigenvalue weighted by atomic mass is 10.7. The van der Waals surface area contributed by atoms with Gasteiger partial charge < -0.3 is 9.47 Å². The van der Waals surface area contributed by atoms with Crippen LogP contribution in [0.15, 0.2) is 0 Å². The monoisotopic (exact) mass is 130 g/mol. The van der Waals surface area contributed by atoms with E-state index in [4.69, 9.17) is 4.74 Å². The highest BCUT2D eigenvalue weighted by Crippen LogP contribution is 2.22. The first kappa shape index (κ1) is 6.55. The lowest BCUT2D eigenvalue weighted by Gasteiger charge is -1.97. The minimum absolute atomic E-state index is 0.112. The molecule has 1 rings (SSSR count). The Morgan fingerprint density at radius 2 is 2.33 bits per heavy atom. The van der Waals surface area contributed by atoms with Crippen molar-refractivity contribution in [2.75, 3.05) is 13.7 Å². The number of hydrogen-bond acceptors (Lipinski definition) is 3. The molecule has 0 radical (unpaired) electrons. The standard InChI is InChI=1S/C6H10O3/c1-8-6(7)4-9-5-2-3-5/h5H,2-4H2,1H3. The quantitative estimate of drug-likeness (QED) is 0.517. The van der Waals surface area contributed by atoms with Crippen molar-refractivity contribution in [3.8, 4) is 0 Å². The van der Waals surface area contributed by atoms with Crippen molar-refractivity contribution in [2.24, 2.45) is 0 Å². The molecule has 1 saturated carbocycles. The Morgan fingerprint density at radius 1 is 1.67 bits per heavy atom. The number of methoxy groups -OCH3 is 1. The largest absolute Gasteiger partial charge is 0.467 e. The zero-order valence-corrected chi connectivity index (χ0v) is 5.42. The highest BCUT2D eigenvalue weighted by molar-refractivity contribution is 5.70. The van der Waals surface area contributed by atoms with Crippen LogP contribution in [0.5, 0.6) is 0 Å². The first-order chi connectivity index (χ1) is 4.33. The van der Waals surface area contributed by atoms with Crippen LogP contribution in [0, 0.1) is 0 Å². The van der Waals surface area contributed by atoms with Crippen molar-refractivity contribution >= 4 is 5.97 Å². The van der Waals surface area contributed by atoms with E-state index in [0.29, 0.717) is 6.10 Å². The summed E-state index contributed by atoms with van der Waals surface area (Å²) in [6.07, 6.45) is 2.53. The second kappa shape index (κ2) is 2.82. The van der Waals surface area contributed by atoms with Crippen molar-refractivity contribution in [1.82, 2.24) is 0 Å². The molecule has 0 unspecified atom stereocenters. The van der Waals surface area contributed by atoms with Crippen LogP contribution in [-0.2, 0) is 14.3 Å². The average molecular weight is 130 g/mol. The number of carbonyl (C=O) groups is 1. The number of ether oxygens (including phenoxy) is 2. The van der Waals surface area contributed by atoms with Gasteiger partial charge in [-0.05, 0) is 12.8 Å². The molecule has 0 spiro atoms. The van der Waals surface area contributed by atoms with E-state index in [1.165, 1.54) is 7.11 Å². The molecule has 0 aromatic rings. The second-order valence-corrected chi connectivity index (χ2v) is 2.09. The van der Waals surface area contributed by atoms with Gasteiger partial charge in [0, 0.05) is 0 Å². The molecule has 0 aromatic heterocycles. The SMILES string of the molecule is COC(=O)COC1CC1. The first-order valence-electron chi connectivity index (χ1n) is 3.01. The summed E-state index contributed by atoms with van der Waals surface area (Å²) in [6, 6.07) is 0. The molecule has 0 N–H and O–H groups in total. The van der Waals surface area contributed by atoms with Crippen molar-refractivity contribution in [2.45, 2.75) is 18.9 Å². The van der Waals surface area contributed by atoms with Crippen LogP contribution < -0.4 is 0 Å². The Morgan fingerprint density at radius 3 is 2.78 bits per heavy atom. The van der Waals surface area contributed by atoms with Crippen LogP contribution in [-0.4, -0.2) is 25.8 Å². The number of hydrogen-bond donors (Lipinski definition) is 0. The van der Waals surface area contributed by atoms with E-state index in [-0.39, 0.29) is 12.6 Å². The summed E-state index contributed by atoms with van der Waals surface area (Å²) < 4.78 is 9.40. The number of carbonyl (C=O) groups excluding carboxylic acids is 1. The molecular formula is C6H10O3. The molecule has 3 nitrogen and oxygen atoms in total. The third-order valence-corrected chi connectivity index (χ3v) is 1.19. The van der Waals surface area contributed by atoms with Gasteiger partial charge in [0.05, 0.1) is 13.2 Å². The maximum Gasteiger partial charge on any atom is 0.331 e. The van der Waals surface area contributed by atoms with Crippen LogP contribution in [0.25, 0.3) is 0 Å². The van der Waals surface area contributed by atoms with Gasteiger partial charge in [0.2, 0.25) is 0 Å².